The number of rotatable bonds is 4. The van der Waals surface area contributed by atoms with Crippen LogP contribution in [0.15, 0.2) is 27.3 Å². The lowest BCUT2D eigenvalue weighted by atomic mass is 10.1. The van der Waals surface area contributed by atoms with Crippen LogP contribution in [0.2, 0.25) is 5.02 Å². The molecule has 0 fully saturated rings. The molecule has 1 N–H and O–H groups in total. The van der Waals surface area contributed by atoms with Gasteiger partial charge in [-0.1, -0.05) is 11.6 Å². The van der Waals surface area contributed by atoms with Crippen molar-refractivity contribution >= 4 is 66.3 Å². The van der Waals surface area contributed by atoms with Gasteiger partial charge in [-0.3, -0.25) is 20.2 Å². The van der Waals surface area contributed by atoms with Crippen LogP contribution in [0.4, 0.5) is 36.1 Å². The molecule has 2 rings (SSSR count). The summed E-state index contributed by atoms with van der Waals surface area (Å²) in [5.74, 6) is -0.102. The Kier molecular flexibility index (Phi) is 5.73. The smallest absolute Gasteiger partial charge is 0.328 e. The number of nitro groups is 2. The van der Waals surface area contributed by atoms with Gasteiger partial charge < -0.3 is 5.32 Å². The highest BCUT2D eigenvalue weighted by Crippen LogP contribution is 2.48. The Labute approximate surface area is 163 Å². The van der Waals surface area contributed by atoms with Gasteiger partial charge in [0.2, 0.25) is 0 Å². The Balaban J connectivity index is 2.80. The lowest BCUT2D eigenvalue weighted by molar-refractivity contribution is -0.392. The van der Waals surface area contributed by atoms with E-state index in [2.05, 4.69) is 42.2 Å². The topological polar surface area (TPSA) is 111 Å². The van der Waals surface area contributed by atoms with Crippen molar-refractivity contribution in [3.63, 3.8) is 0 Å². The Morgan fingerprint density at radius 1 is 1.15 bits per heavy atom. The lowest BCUT2D eigenvalue weighted by Gasteiger charge is -2.13. The average molecular weight is 520 g/mol. The molecule has 0 spiro atoms. The lowest BCUT2D eigenvalue weighted by Crippen LogP contribution is -2.11. The third-order valence-corrected chi connectivity index (χ3v) is 4.38. The van der Waals surface area contributed by atoms with Crippen molar-refractivity contribution in [2.24, 2.45) is 0 Å². The predicted octanol–water partition coefficient (Wildman–Crippen LogP) is 5.84. The molecule has 1 aromatic carbocycles. The van der Waals surface area contributed by atoms with E-state index in [-0.39, 0.29) is 16.4 Å². The SMILES string of the molecule is O=[N+]([O-])c1cc(C(F)(F)F)c(Cl)c([N+](=O)[O-])c1Nc1ncc(Br)cc1Br. The number of nitro benzene ring substituents is 2. The minimum atomic E-state index is -5.12. The summed E-state index contributed by atoms with van der Waals surface area (Å²) in [6, 6.07) is 1.60. The zero-order chi connectivity index (χ0) is 19.8. The molecule has 2 aromatic rings. The van der Waals surface area contributed by atoms with E-state index in [1.165, 1.54) is 12.3 Å². The van der Waals surface area contributed by atoms with Crippen molar-refractivity contribution in [2.75, 3.05) is 5.32 Å². The van der Waals surface area contributed by atoms with Gasteiger partial charge in [0, 0.05) is 16.7 Å². The van der Waals surface area contributed by atoms with Crippen molar-refractivity contribution < 1.29 is 23.0 Å². The van der Waals surface area contributed by atoms with Gasteiger partial charge in [-0.15, -0.1) is 0 Å². The summed E-state index contributed by atoms with van der Waals surface area (Å²) >= 11 is 11.7. The fourth-order valence-electron chi connectivity index (χ4n) is 1.90. The van der Waals surface area contributed by atoms with E-state index in [4.69, 9.17) is 11.6 Å². The first-order chi connectivity index (χ1) is 11.9. The van der Waals surface area contributed by atoms with Crippen molar-refractivity contribution in [1.29, 1.82) is 0 Å². The van der Waals surface area contributed by atoms with Crippen LogP contribution in [0.3, 0.4) is 0 Å². The van der Waals surface area contributed by atoms with Gasteiger partial charge in [-0.2, -0.15) is 13.2 Å². The molecule has 0 unspecified atom stereocenters. The third-order valence-electron chi connectivity index (χ3n) is 2.95. The number of halogens is 6. The first-order valence-electron chi connectivity index (χ1n) is 6.24. The quantitative estimate of drug-likeness (QED) is 0.401. The van der Waals surface area contributed by atoms with E-state index in [1.807, 2.05) is 0 Å². The summed E-state index contributed by atoms with van der Waals surface area (Å²) in [4.78, 5) is 23.9. The van der Waals surface area contributed by atoms with E-state index in [0.717, 1.165) is 0 Å². The van der Waals surface area contributed by atoms with Gasteiger partial charge in [-0.05, 0) is 37.9 Å². The molecule has 0 saturated carbocycles. The molecule has 0 aliphatic carbocycles. The summed E-state index contributed by atoms with van der Waals surface area (Å²) < 4.78 is 39.8. The molecule has 0 bridgehead atoms. The van der Waals surface area contributed by atoms with E-state index < -0.39 is 43.7 Å². The predicted molar refractivity (Wildman–Crippen MR) is 92.7 cm³/mol. The monoisotopic (exact) mass is 518 g/mol. The number of nitrogens with one attached hydrogen (secondary N) is 1. The maximum atomic E-state index is 13.0. The minimum Gasteiger partial charge on any atom is -0.328 e. The largest absolute Gasteiger partial charge is 0.418 e. The maximum absolute atomic E-state index is 13.0. The highest BCUT2D eigenvalue weighted by Gasteiger charge is 2.42. The number of hydrogen-bond acceptors (Lipinski definition) is 6. The fourth-order valence-corrected chi connectivity index (χ4v) is 3.31. The number of pyridine rings is 1. The standard InChI is InChI=1S/C12H4Br2ClF3N4O4/c13-4-1-6(14)11(19-3-4)20-9-7(21(23)24)2-5(12(16,17)18)8(15)10(9)22(25)26/h1-3H,(H,19,20). The summed E-state index contributed by atoms with van der Waals surface area (Å²) in [5.41, 5.74) is -4.98. The third kappa shape index (κ3) is 4.04. The minimum absolute atomic E-state index is 0.102. The molecule has 0 aliphatic heterocycles. The van der Waals surface area contributed by atoms with Crippen LogP contribution < -0.4 is 5.32 Å². The summed E-state index contributed by atoms with van der Waals surface area (Å²) in [6.07, 6.45) is -3.85. The highest BCUT2D eigenvalue weighted by atomic mass is 79.9. The normalized spacial score (nSPS) is 11.3. The number of hydrogen-bond donors (Lipinski definition) is 1. The van der Waals surface area contributed by atoms with Crippen LogP contribution in [0.5, 0.6) is 0 Å². The molecular formula is C12H4Br2ClF3N4O4. The molecule has 0 radical (unpaired) electrons. The highest BCUT2D eigenvalue weighted by molar-refractivity contribution is 9.11. The van der Waals surface area contributed by atoms with E-state index in [9.17, 15) is 33.4 Å². The number of anilines is 2. The van der Waals surface area contributed by atoms with Crippen LogP contribution >= 0.6 is 43.5 Å². The van der Waals surface area contributed by atoms with Crippen molar-refractivity contribution in [3.8, 4) is 0 Å². The van der Waals surface area contributed by atoms with E-state index in [0.29, 0.717) is 4.47 Å². The summed E-state index contributed by atoms with van der Waals surface area (Å²) in [5, 5.41) is 23.5. The van der Waals surface area contributed by atoms with Gasteiger partial charge in [0.25, 0.3) is 0 Å². The van der Waals surface area contributed by atoms with Crippen LogP contribution in [0.1, 0.15) is 5.56 Å². The number of benzene rings is 1. The number of alkyl halides is 3. The van der Waals surface area contributed by atoms with Crippen LogP contribution in [-0.2, 0) is 6.18 Å². The number of nitrogens with zero attached hydrogens (tertiary/aromatic N) is 3. The Morgan fingerprint density at radius 3 is 2.23 bits per heavy atom. The van der Waals surface area contributed by atoms with E-state index >= 15 is 0 Å². The first kappa shape index (κ1) is 20.3. The van der Waals surface area contributed by atoms with Gasteiger partial charge in [0.15, 0.2) is 5.69 Å². The van der Waals surface area contributed by atoms with Crippen molar-refractivity contribution in [3.05, 3.63) is 58.1 Å². The van der Waals surface area contributed by atoms with Crippen molar-refractivity contribution in [1.82, 2.24) is 4.98 Å². The van der Waals surface area contributed by atoms with Gasteiger partial charge in [-0.25, -0.2) is 4.98 Å². The van der Waals surface area contributed by atoms with Crippen molar-refractivity contribution in [2.45, 2.75) is 6.18 Å². The molecule has 0 saturated heterocycles. The molecule has 1 heterocycles. The molecule has 0 aliphatic rings. The second kappa shape index (κ2) is 7.32. The molecule has 1 aromatic heterocycles. The molecule has 138 valence electrons. The van der Waals surface area contributed by atoms with Crippen LogP contribution in [0, 0.1) is 20.2 Å². The van der Waals surface area contributed by atoms with E-state index in [1.54, 1.807) is 0 Å². The van der Waals surface area contributed by atoms with Crippen LogP contribution in [0.25, 0.3) is 0 Å². The van der Waals surface area contributed by atoms with Crippen LogP contribution in [-0.4, -0.2) is 14.8 Å². The van der Waals surface area contributed by atoms with Gasteiger partial charge >= 0.3 is 17.6 Å². The molecule has 0 amide bonds. The summed E-state index contributed by atoms with van der Waals surface area (Å²) in [7, 11) is 0. The second-order valence-corrected chi connectivity index (χ2v) is 6.75. The molecule has 8 nitrogen and oxygen atoms in total. The average Bonchev–Trinajstić information content (AvgIpc) is 2.48. The molecular weight excluding hydrogens is 516 g/mol. The second-order valence-electron chi connectivity index (χ2n) is 4.60. The Bertz CT molecular complexity index is 926. The fraction of sp³-hybridized carbons (Fsp3) is 0.0833. The molecule has 0 atom stereocenters. The Hall–Kier alpha value is -1.99. The summed E-state index contributed by atoms with van der Waals surface area (Å²) in [6.45, 7) is 0. The van der Waals surface area contributed by atoms with Gasteiger partial charge in [0.05, 0.1) is 19.9 Å². The zero-order valence-corrected chi connectivity index (χ0v) is 15.9. The zero-order valence-electron chi connectivity index (χ0n) is 12.0. The number of aromatic nitrogens is 1. The maximum Gasteiger partial charge on any atom is 0.418 e. The van der Waals surface area contributed by atoms with Gasteiger partial charge in [0.1, 0.15) is 10.8 Å². The first-order valence-corrected chi connectivity index (χ1v) is 8.20. The Morgan fingerprint density at radius 2 is 1.77 bits per heavy atom. The molecule has 26 heavy (non-hydrogen) atoms. The molecule has 14 heteroatoms.